The minimum absolute atomic E-state index is 1.01. The first kappa shape index (κ1) is 34.9. The molecule has 0 saturated heterocycles. The Bertz CT molecular complexity index is 1900. The first-order valence-corrected chi connectivity index (χ1v) is 20.0. The highest BCUT2D eigenvalue weighted by Gasteiger charge is 2.31. The van der Waals surface area contributed by atoms with Gasteiger partial charge in [0.05, 0.1) is 0 Å². The van der Waals surface area contributed by atoms with Crippen LogP contribution in [0.5, 0.6) is 0 Å². The molecule has 0 amide bonds. The van der Waals surface area contributed by atoms with Gasteiger partial charge in [0.2, 0.25) is 0 Å². The van der Waals surface area contributed by atoms with Crippen LogP contribution >= 0.6 is 0 Å². The van der Waals surface area contributed by atoms with Crippen LogP contribution in [0.15, 0.2) is 146 Å². The number of rotatable bonds is 13. The average Bonchev–Trinajstić information content (AvgIpc) is 3.19. The summed E-state index contributed by atoms with van der Waals surface area (Å²) in [6.45, 7) is 8.65. The molecule has 6 aromatic carbocycles. The van der Waals surface area contributed by atoms with E-state index in [-0.39, 0.29) is 0 Å². The smallest absolute Gasteiger partial charge is 0.368 e. The largest absolute Gasteiger partial charge is 0.394 e. The highest BCUT2D eigenvalue weighted by atomic mass is 28.4. The van der Waals surface area contributed by atoms with Crippen molar-refractivity contribution in [3.63, 3.8) is 0 Å². The molecule has 0 radical (unpaired) electrons. The van der Waals surface area contributed by atoms with E-state index in [0.29, 0.717) is 0 Å². The minimum Gasteiger partial charge on any atom is -0.394 e. The lowest BCUT2D eigenvalue weighted by molar-refractivity contribution is 0.265. The quantitative estimate of drug-likeness (QED) is 0.114. The summed E-state index contributed by atoms with van der Waals surface area (Å²) in [6, 6.07) is 53.0. The van der Waals surface area contributed by atoms with Crippen molar-refractivity contribution >= 4 is 47.9 Å². The van der Waals surface area contributed by atoms with E-state index in [0.717, 1.165) is 58.6 Å². The van der Waals surface area contributed by atoms with Crippen LogP contribution < -0.4 is 15.0 Å². The summed E-state index contributed by atoms with van der Waals surface area (Å²) in [5.41, 5.74) is 13.1. The van der Waals surface area contributed by atoms with Crippen LogP contribution in [0, 0.1) is 0 Å². The van der Waals surface area contributed by atoms with Gasteiger partial charge in [0.25, 0.3) is 0 Å². The molecule has 0 N–H and O–H groups in total. The van der Waals surface area contributed by atoms with Gasteiger partial charge in [-0.1, -0.05) is 93.6 Å². The van der Waals surface area contributed by atoms with E-state index in [2.05, 4.69) is 183 Å². The molecule has 50 heavy (non-hydrogen) atoms. The number of nitrogens with zero attached hydrogens (tertiary/aromatic N) is 2. The molecule has 0 spiro atoms. The van der Waals surface area contributed by atoms with Crippen molar-refractivity contribution in [3.8, 4) is 11.1 Å². The Morgan fingerprint density at radius 1 is 0.380 bits per heavy atom. The average molecular weight is 677 g/mol. The van der Waals surface area contributed by atoms with Crippen LogP contribution in [-0.4, -0.2) is 22.8 Å². The van der Waals surface area contributed by atoms with E-state index in [1.54, 1.807) is 14.2 Å². The summed E-state index contributed by atoms with van der Waals surface area (Å²) in [5.74, 6) is 0. The molecule has 4 nitrogen and oxygen atoms in total. The van der Waals surface area contributed by atoms with Crippen LogP contribution in [0.4, 0.5) is 34.1 Å². The topological polar surface area (TPSA) is 24.9 Å². The molecule has 0 saturated carbocycles. The van der Waals surface area contributed by atoms with Gasteiger partial charge in [0.15, 0.2) is 0 Å². The molecule has 0 atom stereocenters. The number of aryl methyl sites for hydroxylation is 3. The Kier molecular flexibility index (Phi) is 11.0. The molecule has 254 valence electrons. The SMILES string of the molecule is CCc1ccc(N(c2ccc(CC)cc2)c2ccc(-c3ccc(N(c4ccc(CC)cc4)c4ccc([Si](C)(OC)OC)cc4)cc3)cc2)cc1. The predicted octanol–water partition coefficient (Wildman–Crippen LogP) is 11.6. The van der Waals surface area contributed by atoms with Crippen LogP contribution in [0.1, 0.15) is 37.5 Å². The van der Waals surface area contributed by atoms with Gasteiger partial charge in [-0.05, 0) is 132 Å². The molecule has 0 aliphatic rings. The zero-order valence-corrected chi connectivity index (χ0v) is 31.2. The molecule has 6 rings (SSSR count). The summed E-state index contributed by atoms with van der Waals surface area (Å²) in [4.78, 5) is 4.64. The molecule has 0 fully saturated rings. The highest BCUT2D eigenvalue weighted by Crippen LogP contribution is 2.38. The van der Waals surface area contributed by atoms with Gasteiger partial charge in [-0.2, -0.15) is 0 Å². The van der Waals surface area contributed by atoms with E-state index >= 15 is 0 Å². The molecule has 5 heteroatoms. The number of benzene rings is 6. The lowest BCUT2D eigenvalue weighted by Gasteiger charge is -2.28. The molecule has 0 aliphatic heterocycles. The van der Waals surface area contributed by atoms with Crippen molar-refractivity contribution in [2.45, 2.75) is 46.6 Å². The van der Waals surface area contributed by atoms with Gasteiger partial charge in [-0.25, -0.2) is 0 Å². The summed E-state index contributed by atoms with van der Waals surface area (Å²) < 4.78 is 11.6. The van der Waals surface area contributed by atoms with Crippen LogP contribution in [0.3, 0.4) is 0 Å². The van der Waals surface area contributed by atoms with Crippen LogP contribution in [-0.2, 0) is 28.1 Å². The molecule has 0 unspecified atom stereocenters. The molecular weight excluding hydrogens is 629 g/mol. The first-order valence-electron chi connectivity index (χ1n) is 17.7. The lowest BCUT2D eigenvalue weighted by Crippen LogP contribution is -2.49. The van der Waals surface area contributed by atoms with Gasteiger partial charge in [-0.3, -0.25) is 0 Å². The fraction of sp³-hybridized carbons (Fsp3) is 0.200. The van der Waals surface area contributed by atoms with Gasteiger partial charge in [0.1, 0.15) is 0 Å². The number of hydrogen-bond acceptors (Lipinski definition) is 4. The maximum Gasteiger partial charge on any atom is 0.368 e. The van der Waals surface area contributed by atoms with Crippen molar-refractivity contribution < 1.29 is 8.85 Å². The Morgan fingerprint density at radius 3 is 0.860 bits per heavy atom. The molecule has 0 aromatic heterocycles. The Labute approximate surface area is 299 Å². The van der Waals surface area contributed by atoms with Crippen molar-refractivity contribution in [2.24, 2.45) is 0 Å². The third-order valence-electron chi connectivity index (χ3n) is 9.82. The van der Waals surface area contributed by atoms with E-state index in [9.17, 15) is 0 Å². The molecule has 6 aromatic rings. The monoisotopic (exact) mass is 676 g/mol. The van der Waals surface area contributed by atoms with Gasteiger partial charge in [-0.15, -0.1) is 0 Å². The van der Waals surface area contributed by atoms with Crippen molar-refractivity contribution in [1.82, 2.24) is 0 Å². The van der Waals surface area contributed by atoms with Crippen molar-refractivity contribution in [2.75, 3.05) is 24.0 Å². The molecular formula is C45H48N2O2Si. The normalized spacial score (nSPS) is 11.4. The Hall–Kier alpha value is -4.94. The van der Waals surface area contributed by atoms with E-state index < -0.39 is 8.56 Å². The van der Waals surface area contributed by atoms with Gasteiger partial charge < -0.3 is 18.7 Å². The second-order valence-corrected chi connectivity index (χ2v) is 16.0. The zero-order chi connectivity index (χ0) is 35.1. The maximum absolute atomic E-state index is 5.81. The second-order valence-electron chi connectivity index (χ2n) is 12.7. The summed E-state index contributed by atoms with van der Waals surface area (Å²) in [6.07, 6.45) is 3.06. The van der Waals surface area contributed by atoms with Gasteiger partial charge in [0, 0.05) is 48.3 Å². The summed E-state index contributed by atoms with van der Waals surface area (Å²) >= 11 is 0. The lowest BCUT2D eigenvalue weighted by atomic mass is 10.0. The molecule has 0 heterocycles. The fourth-order valence-corrected chi connectivity index (χ4v) is 7.79. The van der Waals surface area contributed by atoms with Crippen LogP contribution in [0.25, 0.3) is 11.1 Å². The predicted molar refractivity (Wildman–Crippen MR) is 215 cm³/mol. The highest BCUT2D eigenvalue weighted by molar-refractivity contribution is 6.79. The second kappa shape index (κ2) is 15.7. The molecule has 0 bridgehead atoms. The van der Waals surface area contributed by atoms with Crippen molar-refractivity contribution in [3.05, 3.63) is 162 Å². The first-order chi connectivity index (χ1) is 24.4. The Balaban J connectivity index is 1.31. The van der Waals surface area contributed by atoms with E-state index in [1.165, 1.54) is 27.8 Å². The Morgan fingerprint density at radius 2 is 0.620 bits per heavy atom. The van der Waals surface area contributed by atoms with E-state index in [4.69, 9.17) is 8.85 Å². The zero-order valence-electron chi connectivity index (χ0n) is 30.2. The van der Waals surface area contributed by atoms with E-state index in [1.807, 2.05) is 0 Å². The number of hydrogen-bond donors (Lipinski definition) is 0. The fourth-order valence-electron chi connectivity index (χ4n) is 6.37. The third-order valence-corrected chi connectivity index (χ3v) is 12.8. The molecule has 0 aliphatic carbocycles. The standard InChI is InChI=1S/C45H48N2O2Si/c1-7-34-10-20-39(21-11-34)46(40-22-12-35(8-2)13-23-40)42-26-16-37(17-27-42)38-18-28-43(29-19-38)47(41-24-14-36(9-3)15-25-41)44-30-32-45(33-31-44)50(6,48-4)49-5/h10-33H,7-9H2,1-6H3. The van der Waals surface area contributed by atoms with Crippen LogP contribution in [0.2, 0.25) is 6.55 Å². The summed E-state index contributed by atoms with van der Waals surface area (Å²) in [5, 5.41) is 1.10. The van der Waals surface area contributed by atoms with Crippen molar-refractivity contribution in [1.29, 1.82) is 0 Å². The van der Waals surface area contributed by atoms with Gasteiger partial charge >= 0.3 is 8.56 Å². The summed E-state index contributed by atoms with van der Waals surface area (Å²) in [7, 11) is 1.03. The third kappa shape index (κ3) is 7.46. The minimum atomic E-state index is -2.43. The number of anilines is 6. The maximum atomic E-state index is 5.81.